The Labute approximate surface area is 114 Å². The molecule has 2 N–H and O–H groups in total. The van der Waals surface area contributed by atoms with Gasteiger partial charge in [0.1, 0.15) is 0 Å². The third-order valence-corrected chi connectivity index (χ3v) is 3.98. The second-order valence-corrected chi connectivity index (χ2v) is 5.81. The molecule has 2 aromatic rings. The number of anilines is 1. The maximum Gasteiger partial charge on any atom is 0.0751 e. The van der Waals surface area contributed by atoms with Gasteiger partial charge < -0.3 is 10.6 Å². The zero-order chi connectivity index (χ0) is 13.4. The van der Waals surface area contributed by atoms with Crippen molar-refractivity contribution in [1.29, 1.82) is 0 Å². The van der Waals surface area contributed by atoms with Crippen molar-refractivity contribution in [2.75, 3.05) is 18.0 Å². The van der Waals surface area contributed by atoms with E-state index in [-0.39, 0.29) is 6.04 Å². The summed E-state index contributed by atoms with van der Waals surface area (Å²) in [5, 5.41) is 1.24. The molecule has 0 spiro atoms. The van der Waals surface area contributed by atoms with Crippen molar-refractivity contribution in [3.05, 3.63) is 36.0 Å². The molecule has 1 saturated heterocycles. The summed E-state index contributed by atoms with van der Waals surface area (Å²) in [5.41, 5.74) is 9.78. The number of pyridine rings is 1. The summed E-state index contributed by atoms with van der Waals surface area (Å²) in [6.07, 6.45) is 2.99. The van der Waals surface area contributed by atoms with Crippen LogP contribution in [0.2, 0.25) is 0 Å². The Morgan fingerprint density at radius 3 is 2.89 bits per heavy atom. The fraction of sp³-hybridized carbons (Fsp3) is 0.438. The van der Waals surface area contributed by atoms with Gasteiger partial charge in [-0.3, -0.25) is 4.98 Å². The Morgan fingerprint density at radius 2 is 2.11 bits per heavy atom. The first kappa shape index (κ1) is 12.4. The molecular formula is C16H21N3. The number of nitrogens with zero attached hydrogens (tertiary/aromatic N) is 2. The van der Waals surface area contributed by atoms with Gasteiger partial charge in [-0.1, -0.05) is 13.0 Å². The van der Waals surface area contributed by atoms with Gasteiger partial charge in [-0.05, 0) is 43.0 Å². The van der Waals surface area contributed by atoms with Crippen LogP contribution >= 0.6 is 0 Å². The summed E-state index contributed by atoms with van der Waals surface area (Å²) in [6, 6.07) is 8.82. The van der Waals surface area contributed by atoms with Crippen LogP contribution in [0.1, 0.15) is 18.9 Å². The number of nitrogens with two attached hydrogens (primary N) is 1. The van der Waals surface area contributed by atoms with E-state index in [4.69, 9.17) is 5.73 Å². The first-order valence-electron chi connectivity index (χ1n) is 7.00. The Morgan fingerprint density at radius 1 is 1.26 bits per heavy atom. The molecule has 2 heterocycles. The Bertz CT molecular complexity index is 584. The predicted molar refractivity (Wildman–Crippen MR) is 80.4 cm³/mol. The van der Waals surface area contributed by atoms with E-state index in [9.17, 15) is 0 Å². The molecule has 1 aromatic heterocycles. The van der Waals surface area contributed by atoms with E-state index < -0.39 is 0 Å². The normalized spacial score (nSPS) is 23.8. The molecule has 3 nitrogen and oxygen atoms in total. The van der Waals surface area contributed by atoms with Crippen molar-refractivity contribution in [2.24, 2.45) is 11.7 Å². The molecule has 19 heavy (non-hydrogen) atoms. The van der Waals surface area contributed by atoms with E-state index in [1.165, 1.54) is 16.6 Å². The maximum atomic E-state index is 6.17. The minimum atomic E-state index is 0.275. The summed E-state index contributed by atoms with van der Waals surface area (Å²) in [6.45, 7) is 6.42. The largest absolute Gasteiger partial charge is 0.369 e. The van der Waals surface area contributed by atoms with Crippen LogP contribution in [0.5, 0.6) is 0 Å². The molecule has 0 amide bonds. The van der Waals surface area contributed by atoms with E-state index in [1.54, 1.807) is 0 Å². The lowest BCUT2D eigenvalue weighted by atomic mass is 9.95. The molecule has 0 aliphatic carbocycles. The number of rotatable bonds is 1. The average molecular weight is 255 g/mol. The minimum absolute atomic E-state index is 0.275. The van der Waals surface area contributed by atoms with Crippen LogP contribution in [0, 0.1) is 12.8 Å². The number of benzene rings is 1. The molecule has 0 unspecified atom stereocenters. The predicted octanol–water partition coefficient (Wildman–Crippen LogP) is 2.72. The summed E-state index contributed by atoms with van der Waals surface area (Å²) < 4.78 is 0. The van der Waals surface area contributed by atoms with E-state index in [0.29, 0.717) is 5.92 Å². The number of fused-ring (bicyclic) bond motifs is 1. The molecule has 1 aliphatic rings. The Balaban J connectivity index is 2.07. The maximum absolute atomic E-state index is 6.17. The van der Waals surface area contributed by atoms with Gasteiger partial charge in [0.25, 0.3) is 0 Å². The molecule has 0 radical (unpaired) electrons. The fourth-order valence-corrected chi connectivity index (χ4v) is 3.17. The quantitative estimate of drug-likeness (QED) is 0.852. The van der Waals surface area contributed by atoms with Crippen LogP contribution in [-0.4, -0.2) is 24.1 Å². The smallest absolute Gasteiger partial charge is 0.0751 e. The lowest BCUT2D eigenvalue weighted by molar-refractivity contribution is 0.402. The topological polar surface area (TPSA) is 42.1 Å². The van der Waals surface area contributed by atoms with Gasteiger partial charge >= 0.3 is 0 Å². The van der Waals surface area contributed by atoms with Gasteiger partial charge in [-0.2, -0.15) is 0 Å². The molecule has 1 aliphatic heterocycles. The summed E-state index contributed by atoms with van der Waals surface area (Å²) in [4.78, 5) is 6.94. The van der Waals surface area contributed by atoms with Crippen molar-refractivity contribution in [3.63, 3.8) is 0 Å². The third kappa shape index (κ3) is 2.30. The van der Waals surface area contributed by atoms with E-state index in [0.717, 1.165) is 25.0 Å². The van der Waals surface area contributed by atoms with Crippen LogP contribution in [0.15, 0.2) is 30.5 Å². The number of hydrogen-bond acceptors (Lipinski definition) is 3. The average Bonchev–Trinajstić information content (AvgIpc) is 2.38. The van der Waals surface area contributed by atoms with Crippen molar-refractivity contribution in [1.82, 2.24) is 4.98 Å². The van der Waals surface area contributed by atoms with E-state index >= 15 is 0 Å². The zero-order valence-electron chi connectivity index (χ0n) is 11.6. The molecule has 1 aromatic carbocycles. The van der Waals surface area contributed by atoms with Crippen LogP contribution in [0.3, 0.4) is 0 Å². The molecule has 0 saturated carbocycles. The number of piperidine rings is 1. The standard InChI is InChI=1S/C16H21N3/c1-11-8-13(17)10-19(9-11)15-6-5-12(2)16-14(15)4-3-7-18-16/h3-7,11,13H,8-10,17H2,1-2H3/t11-,13+/m0/s1. The van der Waals surface area contributed by atoms with Crippen LogP contribution in [0.4, 0.5) is 5.69 Å². The van der Waals surface area contributed by atoms with E-state index in [2.05, 4.69) is 41.9 Å². The molecule has 100 valence electrons. The van der Waals surface area contributed by atoms with Gasteiger partial charge in [0.15, 0.2) is 0 Å². The number of hydrogen-bond donors (Lipinski definition) is 1. The molecule has 3 heteroatoms. The SMILES string of the molecule is Cc1ccc(N2C[C@@H](C)C[C@@H](N)C2)c2cccnc12. The molecule has 2 atom stereocenters. The molecule has 3 rings (SSSR count). The highest BCUT2D eigenvalue weighted by molar-refractivity contribution is 5.93. The molecular weight excluding hydrogens is 234 g/mol. The summed E-state index contributed by atoms with van der Waals surface area (Å²) >= 11 is 0. The van der Waals surface area contributed by atoms with Crippen LogP contribution in [0.25, 0.3) is 10.9 Å². The van der Waals surface area contributed by atoms with Crippen molar-refractivity contribution in [2.45, 2.75) is 26.3 Å². The highest BCUT2D eigenvalue weighted by Gasteiger charge is 2.23. The Hall–Kier alpha value is -1.61. The molecule has 1 fully saturated rings. The van der Waals surface area contributed by atoms with Crippen molar-refractivity contribution >= 4 is 16.6 Å². The van der Waals surface area contributed by atoms with Gasteiger partial charge in [0.05, 0.1) is 5.52 Å². The highest BCUT2D eigenvalue weighted by atomic mass is 15.2. The molecule has 0 bridgehead atoms. The fourth-order valence-electron chi connectivity index (χ4n) is 3.17. The zero-order valence-corrected chi connectivity index (χ0v) is 11.6. The highest BCUT2D eigenvalue weighted by Crippen LogP contribution is 2.30. The van der Waals surface area contributed by atoms with Crippen molar-refractivity contribution < 1.29 is 0 Å². The second kappa shape index (κ2) is 4.82. The lowest BCUT2D eigenvalue weighted by Gasteiger charge is -2.37. The first-order valence-corrected chi connectivity index (χ1v) is 7.00. The van der Waals surface area contributed by atoms with Gasteiger partial charge in [-0.15, -0.1) is 0 Å². The Kier molecular flexibility index (Phi) is 3.15. The van der Waals surface area contributed by atoms with Crippen molar-refractivity contribution in [3.8, 4) is 0 Å². The number of aromatic nitrogens is 1. The summed E-state index contributed by atoms with van der Waals surface area (Å²) in [7, 11) is 0. The first-order chi connectivity index (χ1) is 9.15. The minimum Gasteiger partial charge on any atom is -0.369 e. The third-order valence-electron chi connectivity index (χ3n) is 3.98. The monoisotopic (exact) mass is 255 g/mol. The van der Waals surface area contributed by atoms with Gasteiger partial charge in [-0.25, -0.2) is 0 Å². The second-order valence-electron chi connectivity index (χ2n) is 5.81. The van der Waals surface area contributed by atoms with Crippen LogP contribution < -0.4 is 10.6 Å². The van der Waals surface area contributed by atoms with Gasteiger partial charge in [0, 0.05) is 36.4 Å². The lowest BCUT2D eigenvalue weighted by Crippen LogP contribution is -2.46. The van der Waals surface area contributed by atoms with E-state index in [1.807, 2.05) is 12.3 Å². The van der Waals surface area contributed by atoms with Gasteiger partial charge in [0.2, 0.25) is 0 Å². The summed E-state index contributed by atoms with van der Waals surface area (Å²) in [5.74, 6) is 0.650. The number of aryl methyl sites for hydroxylation is 1. The van der Waals surface area contributed by atoms with Crippen LogP contribution in [-0.2, 0) is 0 Å².